The van der Waals surface area contributed by atoms with Crippen LogP contribution < -0.4 is 0 Å². The van der Waals surface area contributed by atoms with Gasteiger partial charge in [0.25, 0.3) is 0 Å². The molecule has 2 fully saturated rings. The standard InChI is InChI=1S/C23H23FN2O/c24-21-6-2-1-5-18(21)23(27)16-7-8-22-19(13-16)20(14-25-22)15-9-11-26-10-3-4-17(26)12-15/h1-2,5-8,13-15,17,25H,3-4,9-12H2. The molecule has 0 amide bonds. The molecule has 3 nitrogen and oxygen atoms in total. The van der Waals surface area contributed by atoms with Gasteiger partial charge in [0, 0.05) is 28.7 Å². The number of aromatic nitrogens is 1. The number of benzene rings is 2. The van der Waals surface area contributed by atoms with Crippen molar-refractivity contribution in [1.29, 1.82) is 0 Å². The molecular formula is C23H23FN2O. The Kier molecular flexibility index (Phi) is 4.09. The minimum atomic E-state index is -0.467. The highest BCUT2D eigenvalue weighted by molar-refractivity contribution is 6.10. The largest absolute Gasteiger partial charge is 0.361 e. The van der Waals surface area contributed by atoms with Crippen LogP contribution >= 0.6 is 0 Å². The molecule has 2 atom stereocenters. The predicted molar refractivity (Wildman–Crippen MR) is 105 cm³/mol. The molecule has 27 heavy (non-hydrogen) atoms. The molecule has 5 rings (SSSR count). The molecule has 0 spiro atoms. The summed E-state index contributed by atoms with van der Waals surface area (Å²) in [6.07, 6.45) is 7.08. The van der Waals surface area contributed by atoms with Crippen LogP contribution in [0.4, 0.5) is 4.39 Å². The lowest BCUT2D eigenvalue weighted by atomic mass is 9.85. The Morgan fingerprint density at radius 3 is 2.89 bits per heavy atom. The third-order valence-electron chi connectivity index (χ3n) is 6.35. The second-order valence-electron chi connectivity index (χ2n) is 7.87. The lowest BCUT2D eigenvalue weighted by molar-refractivity contribution is 0.103. The molecule has 2 saturated heterocycles. The first-order chi connectivity index (χ1) is 13.2. The van der Waals surface area contributed by atoms with Gasteiger partial charge in [-0.1, -0.05) is 12.1 Å². The van der Waals surface area contributed by atoms with Crippen molar-refractivity contribution < 1.29 is 9.18 Å². The number of rotatable bonds is 3. The molecule has 0 aliphatic carbocycles. The molecule has 0 bridgehead atoms. The van der Waals surface area contributed by atoms with Crippen molar-refractivity contribution in [3.8, 4) is 0 Å². The Morgan fingerprint density at radius 1 is 1.11 bits per heavy atom. The number of halogens is 1. The van der Waals surface area contributed by atoms with Gasteiger partial charge >= 0.3 is 0 Å². The van der Waals surface area contributed by atoms with E-state index >= 15 is 0 Å². The minimum Gasteiger partial charge on any atom is -0.361 e. The monoisotopic (exact) mass is 362 g/mol. The molecule has 3 heterocycles. The van der Waals surface area contributed by atoms with Crippen molar-refractivity contribution in [2.24, 2.45) is 0 Å². The highest BCUT2D eigenvalue weighted by Crippen LogP contribution is 2.39. The van der Waals surface area contributed by atoms with Crippen molar-refractivity contribution >= 4 is 16.7 Å². The summed E-state index contributed by atoms with van der Waals surface area (Å²) < 4.78 is 14.0. The number of fused-ring (bicyclic) bond motifs is 2. The molecule has 1 N–H and O–H groups in total. The van der Waals surface area contributed by atoms with E-state index in [0.29, 0.717) is 17.5 Å². The number of nitrogens with one attached hydrogen (secondary N) is 1. The van der Waals surface area contributed by atoms with E-state index in [9.17, 15) is 9.18 Å². The number of H-pyrrole nitrogens is 1. The summed E-state index contributed by atoms with van der Waals surface area (Å²) in [6, 6.07) is 12.6. The van der Waals surface area contributed by atoms with E-state index in [1.54, 1.807) is 24.3 Å². The van der Waals surface area contributed by atoms with Gasteiger partial charge in [-0.15, -0.1) is 0 Å². The number of ketones is 1. The summed E-state index contributed by atoms with van der Waals surface area (Å²) in [6.45, 7) is 2.41. The molecule has 2 aliphatic heterocycles. The number of carbonyl (C=O) groups excluding carboxylic acids is 1. The molecule has 1 aromatic heterocycles. The van der Waals surface area contributed by atoms with E-state index in [-0.39, 0.29) is 11.3 Å². The van der Waals surface area contributed by atoms with Crippen molar-refractivity contribution in [2.75, 3.05) is 13.1 Å². The minimum absolute atomic E-state index is 0.133. The van der Waals surface area contributed by atoms with E-state index in [1.807, 2.05) is 12.1 Å². The molecule has 4 heteroatoms. The maximum absolute atomic E-state index is 14.0. The molecule has 2 unspecified atom stereocenters. The van der Waals surface area contributed by atoms with E-state index in [1.165, 1.54) is 37.4 Å². The Bertz CT molecular complexity index is 1010. The second-order valence-corrected chi connectivity index (χ2v) is 7.87. The smallest absolute Gasteiger partial charge is 0.195 e. The summed E-state index contributed by atoms with van der Waals surface area (Å²) in [7, 11) is 0. The van der Waals surface area contributed by atoms with Gasteiger partial charge in [0.2, 0.25) is 0 Å². The maximum atomic E-state index is 14.0. The first-order valence-electron chi connectivity index (χ1n) is 9.85. The van der Waals surface area contributed by atoms with Crippen LogP contribution in [0.1, 0.15) is 53.1 Å². The average Bonchev–Trinajstić information content (AvgIpc) is 3.33. The van der Waals surface area contributed by atoms with Gasteiger partial charge in [-0.3, -0.25) is 4.79 Å². The van der Waals surface area contributed by atoms with Crippen LogP contribution in [0.3, 0.4) is 0 Å². The number of piperidine rings is 1. The first kappa shape index (κ1) is 16.7. The third kappa shape index (κ3) is 2.88. The topological polar surface area (TPSA) is 36.1 Å². The van der Waals surface area contributed by atoms with E-state index in [4.69, 9.17) is 0 Å². The second kappa shape index (κ2) is 6.61. The van der Waals surface area contributed by atoms with Crippen LogP contribution in [-0.4, -0.2) is 34.8 Å². The van der Waals surface area contributed by atoms with Crippen LogP contribution in [-0.2, 0) is 0 Å². The van der Waals surface area contributed by atoms with Crippen molar-refractivity contribution in [1.82, 2.24) is 9.88 Å². The van der Waals surface area contributed by atoms with Gasteiger partial charge in [-0.05, 0) is 80.6 Å². The van der Waals surface area contributed by atoms with E-state index < -0.39 is 5.82 Å². The van der Waals surface area contributed by atoms with Crippen molar-refractivity contribution in [2.45, 2.75) is 37.6 Å². The Labute approximate surface area is 158 Å². The SMILES string of the molecule is O=C(c1ccc2[nH]cc(C3CCN4CCCC4C3)c2c1)c1ccccc1F. The summed E-state index contributed by atoms with van der Waals surface area (Å²) in [5, 5.41) is 1.11. The molecular weight excluding hydrogens is 339 g/mol. The molecule has 0 radical (unpaired) electrons. The maximum Gasteiger partial charge on any atom is 0.195 e. The van der Waals surface area contributed by atoms with E-state index in [2.05, 4.69) is 16.1 Å². The summed E-state index contributed by atoms with van der Waals surface area (Å²) in [5.74, 6) is -0.199. The predicted octanol–water partition coefficient (Wildman–Crippen LogP) is 4.88. The number of hydrogen-bond acceptors (Lipinski definition) is 2. The van der Waals surface area contributed by atoms with Gasteiger partial charge in [0.05, 0.1) is 5.56 Å². The third-order valence-corrected chi connectivity index (χ3v) is 6.35. The van der Waals surface area contributed by atoms with Crippen LogP contribution in [0.2, 0.25) is 0 Å². The lowest BCUT2D eigenvalue weighted by Gasteiger charge is -2.34. The highest BCUT2D eigenvalue weighted by Gasteiger charge is 2.33. The number of carbonyl (C=O) groups is 1. The number of hydrogen-bond donors (Lipinski definition) is 1. The van der Waals surface area contributed by atoms with Crippen LogP contribution in [0.15, 0.2) is 48.7 Å². The normalized spacial score (nSPS) is 22.9. The molecule has 0 saturated carbocycles. The fraction of sp³-hybridized carbons (Fsp3) is 0.348. The van der Waals surface area contributed by atoms with Crippen LogP contribution in [0, 0.1) is 5.82 Å². The van der Waals surface area contributed by atoms with Gasteiger partial charge < -0.3 is 9.88 Å². The van der Waals surface area contributed by atoms with Crippen molar-refractivity contribution in [3.63, 3.8) is 0 Å². The van der Waals surface area contributed by atoms with Crippen LogP contribution in [0.25, 0.3) is 10.9 Å². The molecule has 138 valence electrons. The lowest BCUT2D eigenvalue weighted by Crippen LogP contribution is -2.37. The zero-order valence-electron chi connectivity index (χ0n) is 15.2. The van der Waals surface area contributed by atoms with Gasteiger partial charge in [-0.2, -0.15) is 0 Å². The van der Waals surface area contributed by atoms with Gasteiger partial charge in [0.15, 0.2) is 5.78 Å². The molecule has 2 aliphatic rings. The first-order valence-corrected chi connectivity index (χ1v) is 9.85. The molecule has 3 aromatic rings. The Balaban J connectivity index is 1.49. The number of aromatic amines is 1. The van der Waals surface area contributed by atoms with E-state index in [0.717, 1.165) is 23.9 Å². The Morgan fingerprint density at radius 2 is 2.00 bits per heavy atom. The van der Waals surface area contributed by atoms with Gasteiger partial charge in [-0.25, -0.2) is 4.39 Å². The Hall–Kier alpha value is -2.46. The fourth-order valence-corrected chi connectivity index (χ4v) is 4.93. The van der Waals surface area contributed by atoms with Crippen LogP contribution in [0.5, 0.6) is 0 Å². The zero-order chi connectivity index (χ0) is 18.4. The summed E-state index contributed by atoms with van der Waals surface area (Å²) in [5.41, 5.74) is 3.03. The average molecular weight is 362 g/mol. The number of nitrogens with zero attached hydrogens (tertiary/aromatic N) is 1. The van der Waals surface area contributed by atoms with Crippen molar-refractivity contribution in [3.05, 3.63) is 71.2 Å². The van der Waals surface area contributed by atoms with Gasteiger partial charge in [0.1, 0.15) is 5.82 Å². The quantitative estimate of drug-likeness (QED) is 0.674. The highest BCUT2D eigenvalue weighted by atomic mass is 19.1. The molecule has 2 aromatic carbocycles. The summed E-state index contributed by atoms with van der Waals surface area (Å²) >= 11 is 0. The fourth-order valence-electron chi connectivity index (χ4n) is 4.93. The summed E-state index contributed by atoms with van der Waals surface area (Å²) in [4.78, 5) is 18.8. The zero-order valence-corrected chi connectivity index (χ0v) is 15.2.